The van der Waals surface area contributed by atoms with Crippen LogP contribution in [0.2, 0.25) is 0 Å². The van der Waals surface area contributed by atoms with Gasteiger partial charge in [0.05, 0.1) is 9.40 Å². The maximum absolute atomic E-state index is 11.0. The van der Waals surface area contributed by atoms with Gasteiger partial charge in [-0.05, 0) is 30.0 Å². The van der Waals surface area contributed by atoms with Crippen molar-refractivity contribution in [1.29, 1.82) is 0 Å². The van der Waals surface area contributed by atoms with Gasteiger partial charge in [0.2, 0.25) is 0 Å². The third kappa shape index (κ3) is 3.44. The Morgan fingerprint density at radius 3 is 2.95 bits per heavy atom. The Labute approximate surface area is 126 Å². The highest BCUT2D eigenvalue weighted by Crippen LogP contribution is 2.31. The zero-order chi connectivity index (χ0) is 14.7. The number of aromatic nitrogens is 1. The summed E-state index contributed by atoms with van der Waals surface area (Å²) in [6.07, 6.45) is 2.83. The summed E-state index contributed by atoms with van der Waals surface area (Å²) in [6, 6.07) is 0.327. The van der Waals surface area contributed by atoms with Crippen LogP contribution >= 0.6 is 15.9 Å². The van der Waals surface area contributed by atoms with Gasteiger partial charge in [-0.2, -0.15) is 0 Å². The number of hydrogen-bond acceptors (Lipinski definition) is 6. The average molecular weight is 344 g/mol. The number of halogens is 1. The number of nitrogens with one attached hydrogen (secondary N) is 1. The second kappa shape index (κ2) is 6.47. The van der Waals surface area contributed by atoms with E-state index in [1.165, 1.54) is 6.20 Å². The molecule has 8 heteroatoms. The van der Waals surface area contributed by atoms with E-state index in [4.69, 9.17) is 0 Å². The van der Waals surface area contributed by atoms with Gasteiger partial charge in [0.25, 0.3) is 0 Å². The lowest BCUT2D eigenvalue weighted by atomic mass is 10.2. The normalized spacial score (nSPS) is 20.9. The van der Waals surface area contributed by atoms with E-state index in [9.17, 15) is 10.1 Å². The maximum Gasteiger partial charge on any atom is 0.311 e. The van der Waals surface area contributed by atoms with Crippen LogP contribution in [0.15, 0.2) is 16.9 Å². The van der Waals surface area contributed by atoms with Crippen LogP contribution in [0.5, 0.6) is 0 Å². The molecule has 0 spiro atoms. The van der Waals surface area contributed by atoms with E-state index >= 15 is 0 Å². The van der Waals surface area contributed by atoms with Gasteiger partial charge in [-0.25, -0.2) is 0 Å². The van der Waals surface area contributed by atoms with E-state index < -0.39 is 4.92 Å². The fourth-order valence-corrected chi connectivity index (χ4v) is 2.74. The topological polar surface area (TPSA) is 74.5 Å². The van der Waals surface area contributed by atoms with Crippen LogP contribution in [0.25, 0.3) is 0 Å². The van der Waals surface area contributed by atoms with Crippen molar-refractivity contribution in [2.45, 2.75) is 6.04 Å². The van der Waals surface area contributed by atoms with Crippen molar-refractivity contribution in [1.82, 2.24) is 14.8 Å². The molecule has 1 aromatic heterocycles. The zero-order valence-electron chi connectivity index (χ0n) is 11.5. The largest absolute Gasteiger partial charge is 0.377 e. The van der Waals surface area contributed by atoms with Crippen LogP contribution in [-0.2, 0) is 0 Å². The Kier molecular flexibility index (Phi) is 4.90. The summed E-state index contributed by atoms with van der Waals surface area (Å²) >= 11 is 3.31. The van der Waals surface area contributed by atoms with Gasteiger partial charge in [-0.1, -0.05) is 0 Å². The Bertz CT molecular complexity index is 499. The van der Waals surface area contributed by atoms with Gasteiger partial charge in [0.1, 0.15) is 11.9 Å². The summed E-state index contributed by atoms with van der Waals surface area (Å²) in [6.45, 7) is 3.65. The third-order valence-corrected chi connectivity index (χ3v) is 4.17. The molecule has 0 amide bonds. The van der Waals surface area contributed by atoms with Crippen LogP contribution < -0.4 is 5.32 Å². The van der Waals surface area contributed by atoms with Crippen molar-refractivity contribution < 1.29 is 4.92 Å². The van der Waals surface area contributed by atoms with Gasteiger partial charge in [-0.15, -0.1) is 0 Å². The molecule has 1 saturated heterocycles. The second-order valence-electron chi connectivity index (χ2n) is 5.05. The number of nitro groups is 1. The fourth-order valence-electron chi connectivity index (χ4n) is 2.28. The van der Waals surface area contributed by atoms with Gasteiger partial charge in [-0.3, -0.25) is 20.0 Å². The van der Waals surface area contributed by atoms with Crippen LogP contribution in [0.1, 0.15) is 0 Å². The van der Waals surface area contributed by atoms with Gasteiger partial charge < -0.3 is 10.2 Å². The standard InChI is InChI=1S/C12H18BrN5O2/c1-16-3-4-17(2)9(8-16)5-15-12-10(13)6-14-7-11(12)18(19)20/h6-7,9H,3-5,8H2,1-2H3,(H,14,15). The van der Waals surface area contributed by atoms with Gasteiger partial charge >= 0.3 is 5.69 Å². The number of nitrogens with zero attached hydrogens (tertiary/aromatic N) is 4. The molecule has 0 bridgehead atoms. The van der Waals surface area contributed by atoms with E-state index in [1.54, 1.807) is 6.20 Å². The minimum atomic E-state index is -0.420. The molecule has 1 fully saturated rings. The molecule has 1 aliphatic rings. The molecule has 2 heterocycles. The Morgan fingerprint density at radius 2 is 2.25 bits per heavy atom. The lowest BCUT2D eigenvalue weighted by Crippen LogP contribution is -2.52. The monoisotopic (exact) mass is 343 g/mol. The number of rotatable bonds is 4. The molecule has 7 nitrogen and oxygen atoms in total. The van der Waals surface area contributed by atoms with Crippen molar-refractivity contribution in [3.63, 3.8) is 0 Å². The predicted octanol–water partition coefficient (Wildman–Crippen LogP) is 1.41. The summed E-state index contributed by atoms with van der Waals surface area (Å²) in [4.78, 5) is 19.0. The van der Waals surface area contributed by atoms with E-state index in [0.717, 1.165) is 19.6 Å². The summed E-state index contributed by atoms with van der Waals surface area (Å²) < 4.78 is 0.610. The lowest BCUT2D eigenvalue weighted by Gasteiger charge is -2.37. The molecule has 1 aliphatic heterocycles. The first-order valence-electron chi connectivity index (χ1n) is 6.39. The summed E-state index contributed by atoms with van der Waals surface area (Å²) in [5.74, 6) is 0. The number of likely N-dealkylation sites (N-methyl/N-ethyl adjacent to an activating group) is 2. The molecular formula is C12H18BrN5O2. The first-order valence-corrected chi connectivity index (χ1v) is 7.19. The molecule has 0 aromatic carbocycles. The highest BCUT2D eigenvalue weighted by Gasteiger charge is 2.24. The van der Waals surface area contributed by atoms with Crippen molar-refractivity contribution in [2.24, 2.45) is 0 Å². The maximum atomic E-state index is 11.0. The number of hydrogen-bond donors (Lipinski definition) is 1. The predicted molar refractivity (Wildman–Crippen MR) is 81.0 cm³/mol. The SMILES string of the molecule is CN1CCN(C)C(CNc2c(Br)cncc2[N+](=O)[O-])C1. The smallest absolute Gasteiger partial charge is 0.311 e. The van der Waals surface area contributed by atoms with E-state index in [1.807, 2.05) is 0 Å². The molecule has 2 rings (SSSR count). The quantitative estimate of drug-likeness (QED) is 0.658. The molecule has 0 radical (unpaired) electrons. The minimum Gasteiger partial charge on any atom is -0.377 e. The highest BCUT2D eigenvalue weighted by atomic mass is 79.9. The summed E-state index contributed by atoms with van der Waals surface area (Å²) in [5.41, 5.74) is 0.484. The molecular weight excluding hydrogens is 326 g/mol. The Morgan fingerprint density at radius 1 is 1.50 bits per heavy atom. The minimum absolute atomic E-state index is 0.00816. The third-order valence-electron chi connectivity index (χ3n) is 3.57. The molecule has 1 unspecified atom stereocenters. The van der Waals surface area contributed by atoms with Crippen LogP contribution in [0.4, 0.5) is 11.4 Å². The molecule has 110 valence electrons. The van der Waals surface area contributed by atoms with Crippen molar-refractivity contribution in [3.8, 4) is 0 Å². The van der Waals surface area contributed by atoms with E-state index in [0.29, 0.717) is 22.7 Å². The van der Waals surface area contributed by atoms with Crippen molar-refractivity contribution in [2.75, 3.05) is 45.6 Å². The second-order valence-corrected chi connectivity index (χ2v) is 5.90. The lowest BCUT2D eigenvalue weighted by molar-refractivity contribution is -0.384. The molecule has 0 aliphatic carbocycles. The van der Waals surface area contributed by atoms with Crippen molar-refractivity contribution >= 4 is 27.3 Å². The van der Waals surface area contributed by atoms with Crippen LogP contribution in [-0.4, -0.2) is 66.0 Å². The number of piperazine rings is 1. The number of pyridine rings is 1. The molecule has 20 heavy (non-hydrogen) atoms. The Hall–Kier alpha value is -1.25. The molecule has 1 aromatic rings. The van der Waals surface area contributed by atoms with Gasteiger partial charge in [0, 0.05) is 38.4 Å². The van der Waals surface area contributed by atoms with Gasteiger partial charge in [0.15, 0.2) is 0 Å². The average Bonchev–Trinajstić information content (AvgIpc) is 2.40. The Balaban J connectivity index is 2.08. The van der Waals surface area contributed by atoms with E-state index in [-0.39, 0.29) is 5.69 Å². The summed E-state index contributed by atoms with van der Waals surface area (Å²) in [7, 11) is 4.17. The zero-order valence-corrected chi connectivity index (χ0v) is 13.1. The molecule has 1 atom stereocenters. The van der Waals surface area contributed by atoms with E-state index in [2.05, 4.69) is 50.1 Å². The molecule has 1 N–H and O–H groups in total. The van der Waals surface area contributed by atoms with Crippen LogP contribution in [0, 0.1) is 10.1 Å². The highest BCUT2D eigenvalue weighted by molar-refractivity contribution is 9.10. The first kappa shape index (κ1) is 15.1. The molecule has 0 saturated carbocycles. The first-order chi connectivity index (χ1) is 9.49. The van der Waals surface area contributed by atoms with Crippen LogP contribution in [0.3, 0.4) is 0 Å². The van der Waals surface area contributed by atoms with Crippen molar-refractivity contribution in [3.05, 3.63) is 27.0 Å². The number of anilines is 1. The summed E-state index contributed by atoms with van der Waals surface area (Å²) in [5, 5.41) is 14.2. The fraction of sp³-hybridized carbons (Fsp3) is 0.583.